The molecule has 0 saturated carbocycles. The van der Waals surface area contributed by atoms with Crippen molar-refractivity contribution >= 4 is 29.5 Å². The van der Waals surface area contributed by atoms with E-state index in [0.29, 0.717) is 23.6 Å². The summed E-state index contributed by atoms with van der Waals surface area (Å²) < 4.78 is 10.1. The third-order valence-corrected chi connectivity index (χ3v) is 9.05. The SMILES string of the molecule is Cc1ccccc1CNC(=O)[C@H]1N(C(=O)[C@@H](O)C(Cc2ccccc2)NC(=O)c2ccc3c(c2)OCO3)CSC1(C)C. The van der Waals surface area contributed by atoms with Gasteiger partial charge in [-0.2, -0.15) is 0 Å². The van der Waals surface area contributed by atoms with Gasteiger partial charge >= 0.3 is 0 Å². The van der Waals surface area contributed by atoms with E-state index >= 15 is 0 Å². The summed E-state index contributed by atoms with van der Waals surface area (Å²) in [6.45, 7) is 6.22. The topological polar surface area (TPSA) is 117 Å². The van der Waals surface area contributed by atoms with E-state index in [9.17, 15) is 19.5 Å². The Bertz CT molecular complexity index is 1460. The third kappa shape index (κ3) is 6.39. The number of rotatable bonds is 9. The molecule has 2 aliphatic heterocycles. The molecule has 0 aliphatic carbocycles. The molecule has 220 valence electrons. The molecular formula is C32H35N3O6S. The normalized spacial score (nSPS) is 18.3. The van der Waals surface area contributed by atoms with E-state index in [2.05, 4.69) is 10.6 Å². The van der Waals surface area contributed by atoms with Crippen LogP contribution in [0.25, 0.3) is 0 Å². The molecule has 0 spiro atoms. The van der Waals surface area contributed by atoms with E-state index in [4.69, 9.17) is 9.47 Å². The number of carbonyl (C=O) groups excluding carboxylic acids is 3. The highest BCUT2D eigenvalue weighted by atomic mass is 32.2. The average Bonchev–Trinajstić information content (AvgIpc) is 3.59. The van der Waals surface area contributed by atoms with Gasteiger partial charge in [0, 0.05) is 16.9 Å². The van der Waals surface area contributed by atoms with Crippen molar-refractivity contribution in [2.75, 3.05) is 12.7 Å². The number of nitrogens with one attached hydrogen (secondary N) is 2. The van der Waals surface area contributed by atoms with Crippen LogP contribution in [0.5, 0.6) is 11.5 Å². The van der Waals surface area contributed by atoms with Crippen molar-refractivity contribution < 1.29 is 29.0 Å². The monoisotopic (exact) mass is 589 g/mol. The molecule has 0 radical (unpaired) electrons. The van der Waals surface area contributed by atoms with E-state index in [-0.39, 0.29) is 25.0 Å². The smallest absolute Gasteiger partial charge is 0.254 e. The van der Waals surface area contributed by atoms with Crippen molar-refractivity contribution in [2.24, 2.45) is 0 Å². The van der Waals surface area contributed by atoms with E-state index in [0.717, 1.165) is 16.7 Å². The average molecular weight is 590 g/mol. The van der Waals surface area contributed by atoms with Crippen molar-refractivity contribution in [3.05, 3.63) is 95.1 Å². The molecule has 2 aliphatic rings. The summed E-state index contributed by atoms with van der Waals surface area (Å²) in [5.41, 5.74) is 3.19. The van der Waals surface area contributed by atoms with Crippen LogP contribution in [-0.2, 0) is 22.6 Å². The number of ether oxygens (including phenoxy) is 2. The number of aliphatic hydroxyl groups is 1. The molecule has 3 aromatic rings. The molecule has 1 unspecified atom stereocenters. The first kappa shape index (κ1) is 29.5. The Labute approximate surface area is 249 Å². The summed E-state index contributed by atoms with van der Waals surface area (Å²) in [5, 5.41) is 17.3. The number of nitrogens with zero attached hydrogens (tertiary/aromatic N) is 1. The summed E-state index contributed by atoms with van der Waals surface area (Å²) in [5.74, 6) is -0.142. The largest absolute Gasteiger partial charge is 0.454 e. The molecule has 0 bridgehead atoms. The zero-order valence-corrected chi connectivity index (χ0v) is 24.6. The highest BCUT2D eigenvalue weighted by Gasteiger charge is 2.49. The number of carbonyl (C=O) groups is 3. The lowest BCUT2D eigenvalue weighted by atomic mass is 9.96. The number of aryl methyl sites for hydroxylation is 1. The number of hydrogen-bond acceptors (Lipinski definition) is 7. The van der Waals surface area contributed by atoms with Gasteiger partial charge in [0.1, 0.15) is 6.04 Å². The third-order valence-electron chi connectivity index (χ3n) is 7.68. The number of amides is 3. The van der Waals surface area contributed by atoms with Crippen LogP contribution in [0.1, 0.15) is 40.9 Å². The van der Waals surface area contributed by atoms with Gasteiger partial charge in [-0.25, -0.2) is 0 Å². The molecule has 1 saturated heterocycles. The number of fused-ring (bicyclic) bond motifs is 1. The standard InChI is InChI=1S/C32H35N3O6S/c1-20-9-7-8-12-23(20)17-33-30(38)28-32(2,3)42-18-35(28)31(39)27(36)24(15-21-10-5-4-6-11-21)34-29(37)22-13-14-25-26(16-22)41-19-40-25/h4-14,16,24,27-28,36H,15,17-19H2,1-3H3,(H,33,38)(H,34,37)/t24?,27-,28+/m0/s1. The van der Waals surface area contributed by atoms with Crippen LogP contribution in [0.3, 0.4) is 0 Å². The predicted molar refractivity (Wildman–Crippen MR) is 160 cm³/mol. The lowest BCUT2D eigenvalue weighted by Gasteiger charge is -2.33. The summed E-state index contributed by atoms with van der Waals surface area (Å²) in [6.07, 6.45) is -1.39. The van der Waals surface area contributed by atoms with Crippen LogP contribution < -0.4 is 20.1 Å². The Morgan fingerprint density at radius 2 is 1.74 bits per heavy atom. The van der Waals surface area contributed by atoms with Crippen LogP contribution in [-0.4, -0.2) is 63.3 Å². The van der Waals surface area contributed by atoms with Gasteiger partial charge in [0.05, 0.1) is 11.9 Å². The minimum atomic E-state index is -1.59. The molecule has 5 rings (SSSR count). The van der Waals surface area contributed by atoms with Crippen LogP contribution >= 0.6 is 11.8 Å². The Hall–Kier alpha value is -4.02. The summed E-state index contributed by atoms with van der Waals surface area (Å²) in [6, 6.07) is 20.2. The molecule has 3 amide bonds. The van der Waals surface area contributed by atoms with Gasteiger partial charge < -0.3 is 30.1 Å². The number of hydrogen-bond donors (Lipinski definition) is 3. The minimum Gasteiger partial charge on any atom is -0.454 e. The maximum atomic E-state index is 13.9. The van der Waals surface area contributed by atoms with Crippen LogP contribution in [0, 0.1) is 6.92 Å². The predicted octanol–water partition coefficient (Wildman–Crippen LogP) is 3.42. The van der Waals surface area contributed by atoms with Crippen LogP contribution in [0.15, 0.2) is 72.8 Å². The van der Waals surface area contributed by atoms with Crippen molar-refractivity contribution in [2.45, 2.75) is 56.7 Å². The molecule has 2 heterocycles. The van der Waals surface area contributed by atoms with Crippen molar-refractivity contribution in [1.82, 2.24) is 15.5 Å². The highest BCUT2D eigenvalue weighted by Crippen LogP contribution is 2.40. The number of aliphatic hydroxyl groups excluding tert-OH is 1. The summed E-state index contributed by atoms with van der Waals surface area (Å²) in [7, 11) is 0. The van der Waals surface area contributed by atoms with E-state index in [1.165, 1.54) is 16.7 Å². The van der Waals surface area contributed by atoms with Gasteiger partial charge in [0.2, 0.25) is 12.7 Å². The first-order chi connectivity index (χ1) is 20.1. The fourth-order valence-electron chi connectivity index (χ4n) is 5.24. The second-order valence-electron chi connectivity index (χ2n) is 11.0. The molecule has 0 aromatic heterocycles. The van der Waals surface area contributed by atoms with Gasteiger partial charge in [0.25, 0.3) is 11.8 Å². The van der Waals surface area contributed by atoms with Gasteiger partial charge in [-0.05, 0) is 62.1 Å². The molecule has 42 heavy (non-hydrogen) atoms. The zero-order chi connectivity index (χ0) is 29.9. The zero-order valence-electron chi connectivity index (χ0n) is 23.8. The number of thioether (sulfide) groups is 1. The van der Waals surface area contributed by atoms with Crippen molar-refractivity contribution in [3.63, 3.8) is 0 Å². The maximum Gasteiger partial charge on any atom is 0.254 e. The van der Waals surface area contributed by atoms with Crippen LogP contribution in [0.4, 0.5) is 0 Å². The Kier molecular flexibility index (Phi) is 8.74. The fourth-order valence-corrected chi connectivity index (χ4v) is 6.38. The quantitative estimate of drug-likeness (QED) is 0.350. The first-order valence-electron chi connectivity index (χ1n) is 13.8. The number of benzene rings is 3. The van der Waals surface area contributed by atoms with E-state index in [1.807, 2.05) is 75.4 Å². The molecule has 10 heteroatoms. The second-order valence-corrected chi connectivity index (χ2v) is 12.6. The minimum absolute atomic E-state index is 0.0775. The first-order valence-corrected chi connectivity index (χ1v) is 14.8. The Morgan fingerprint density at radius 1 is 1.02 bits per heavy atom. The molecular weight excluding hydrogens is 554 g/mol. The fraction of sp³-hybridized carbons (Fsp3) is 0.344. The molecule has 3 aromatic carbocycles. The van der Waals surface area contributed by atoms with Crippen LogP contribution in [0.2, 0.25) is 0 Å². The van der Waals surface area contributed by atoms with Gasteiger partial charge in [0.15, 0.2) is 17.6 Å². The van der Waals surface area contributed by atoms with E-state index in [1.54, 1.807) is 18.2 Å². The molecule has 3 N–H and O–H groups in total. The Morgan fingerprint density at radius 3 is 2.50 bits per heavy atom. The Balaban J connectivity index is 1.35. The molecule has 3 atom stereocenters. The van der Waals surface area contributed by atoms with E-state index < -0.39 is 34.7 Å². The van der Waals surface area contributed by atoms with Gasteiger partial charge in [-0.3, -0.25) is 14.4 Å². The maximum absolute atomic E-state index is 13.9. The van der Waals surface area contributed by atoms with Gasteiger partial charge in [-0.15, -0.1) is 11.8 Å². The molecule has 9 nitrogen and oxygen atoms in total. The van der Waals surface area contributed by atoms with Gasteiger partial charge in [-0.1, -0.05) is 54.6 Å². The van der Waals surface area contributed by atoms with Crippen molar-refractivity contribution in [1.29, 1.82) is 0 Å². The highest BCUT2D eigenvalue weighted by molar-refractivity contribution is 8.00. The molecule has 1 fully saturated rings. The summed E-state index contributed by atoms with van der Waals surface area (Å²) >= 11 is 1.47. The second kappa shape index (κ2) is 12.5. The summed E-state index contributed by atoms with van der Waals surface area (Å²) in [4.78, 5) is 42.1. The lowest BCUT2D eigenvalue weighted by Crippen LogP contribution is -2.58. The lowest BCUT2D eigenvalue weighted by molar-refractivity contribution is -0.147. The van der Waals surface area contributed by atoms with Crippen molar-refractivity contribution in [3.8, 4) is 11.5 Å².